The molecule has 1 aromatic carbocycles. The maximum absolute atomic E-state index is 12.0. The largest absolute Gasteiger partial charge is 0.353 e. The highest BCUT2D eigenvalue weighted by molar-refractivity contribution is 5.94. The van der Waals surface area contributed by atoms with Gasteiger partial charge in [-0.2, -0.15) is 0 Å². The lowest BCUT2D eigenvalue weighted by atomic mass is 10.1. The lowest BCUT2D eigenvalue weighted by Crippen LogP contribution is -2.45. The lowest BCUT2D eigenvalue weighted by Gasteiger charge is -2.11. The summed E-state index contributed by atoms with van der Waals surface area (Å²) in [5.41, 5.74) is 6.78. The van der Waals surface area contributed by atoms with Gasteiger partial charge in [0.1, 0.15) is 6.04 Å². The molecule has 0 aromatic heterocycles. The topological polar surface area (TPSA) is 82.3 Å². The molecule has 1 saturated heterocycles. The molecule has 1 fully saturated rings. The number of benzene rings is 1. The number of hydrogen-bond acceptors (Lipinski definition) is 4. The van der Waals surface area contributed by atoms with Gasteiger partial charge in [0.15, 0.2) is 0 Å². The highest BCUT2D eigenvalue weighted by Crippen LogP contribution is 2.09. The molecule has 0 aliphatic carbocycles. The molecule has 2 unspecified atom stereocenters. The molecule has 0 saturated carbocycles. The highest BCUT2D eigenvalue weighted by Gasteiger charge is 2.28. The number of amides is 2. The van der Waals surface area contributed by atoms with Crippen molar-refractivity contribution in [3.05, 3.63) is 35.9 Å². The minimum absolute atomic E-state index is 0.0277. The summed E-state index contributed by atoms with van der Waals surface area (Å²) in [4.78, 5) is 23.8. The predicted molar refractivity (Wildman–Crippen MR) is 85.2 cm³/mol. The molecule has 22 heavy (non-hydrogen) atoms. The standard InChI is InChI=1S/C16H24N4O2/c1-2-6-13-11-14(20-19-13)16(22)18-10-9-17-15(21)12-7-4-3-5-8-12/h3-5,7-8,13-14,19-20H,2,6,9-11H2,1H3,(H,17,21)(H,18,22). The van der Waals surface area contributed by atoms with Crippen molar-refractivity contribution in [3.63, 3.8) is 0 Å². The van der Waals surface area contributed by atoms with Crippen LogP contribution in [-0.4, -0.2) is 37.0 Å². The predicted octanol–water partition coefficient (Wildman–Crippen LogP) is 0.568. The van der Waals surface area contributed by atoms with Crippen molar-refractivity contribution in [1.82, 2.24) is 21.5 Å². The van der Waals surface area contributed by atoms with Gasteiger partial charge in [0.2, 0.25) is 5.91 Å². The molecule has 120 valence electrons. The van der Waals surface area contributed by atoms with Crippen molar-refractivity contribution in [1.29, 1.82) is 0 Å². The fraction of sp³-hybridized carbons (Fsp3) is 0.500. The first kappa shape index (κ1) is 16.5. The van der Waals surface area contributed by atoms with Crippen LogP contribution in [0, 0.1) is 0 Å². The Morgan fingerprint density at radius 2 is 1.86 bits per heavy atom. The number of hydrazine groups is 1. The summed E-state index contributed by atoms with van der Waals surface area (Å²) in [5.74, 6) is -0.154. The van der Waals surface area contributed by atoms with Crippen LogP contribution in [0.2, 0.25) is 0 Å². The highest BCUT2D eigenvalue weighted by atomic mass is 16.2. The van der Waals surface area contributed by atoms with Gasteiger partial charge in [0, 0.05) is 24.7 Å². The summed E-state index contributed by atoms with van der Waals surface area (Å²) in [6, 6.07) is 9.20. The molecular formula is C16H24N4O2. The van der Waals surface area contributed by atoms with E-state index in [2.05, 4.69) is 28.4 Å². The molecule has 2 amide bonds. The van der Waals surface area contributed by atoms with Crippen molar-refractivity contribution in [2.24, 2.45) is 0 Å². The third kappa shape index (κ3) is 4.82. The molecule has 6 nitrogen and oxygen atoms in total. The van der Waals surface area contributed by atoms with Crippen molar-refractivity contribution in [2.75, 3.05) is 13.1 Å². The molecule has 2 atom stereocenters. The van der Waals surface area contributed by atoms with E-state index in [0.717, 1.165) is 19.3 Å². The number of hydrogen-bond donors (Lipinski definition) is 4. The summed E-state index contributed by atoms with van der Waals surface area (Å²) < 4.78 is 0. The first-order valence-corrected chi connectivity index (χ1v) is 7.82. The van der Waals surface area contributed by atoms with Crippen LogP contribution in [-0.2, 0) is 4.79 Å². The Morgan fingerprint density at radius 3 is 2.59 bits per heavy atom. The van der Waals surface area contributed by atoms with Gasteiger partial charge in [-0.1, -0.05) is 31.5 Å². The maximum atomic E-state index is 12.0. The monoisotopic (exact) mass is 304 g/mol. The van der Waals surface area contributed by atoms with Crippen LogP contribution in [0.5, 0.6) is 0 Å². The summed E-state index contributed by atoms with van der Waals surface area (Å²) in [5, 5.41) is 5.62. The quantitative estimate of drug-likeness (QED) is 0.555. The van der Waals surface area contributed by atoms with E-state index in [4.69, 9.17) is 0 Å². The molecule has 4 N–H and O–H groups in total. The van der Waals surface area contributed by atoms with Crippen LogP contribution in [0.1, 0.15) is 36.5 Å². The fourth-order valence-corrected chi connectivity index (χ4v) is 2.51. The first-order chi connectivity index (χ1) is 10.7. The minimum atomic E-state index is -0.193. The van der Waals surface area contributed by atoms with Gasteiger partial charge < -0.3 is 10.6 Å². The van der Waals surface area contributed by atoms with Crippen LogP contribution in [0.15, 0.2) is 30.3 Å². The average Bonchev–Trinajstić information content (AvgIpc) is 3.01. The van der Waals surface area contributed by atoms with Crippen LogP contribution >= 0.6 is 0 Å². The molecule has 2 rings (SSSR count). The molecule has 1 aliphatic heterocycles. The van der Waals surface area contributed by atoms with Crippen molar-refractivity contribution >= 4 is 11.8 Å². The summed E-state index contributed by atoms with van der Waals surface area (Å²) in [7, 11) is 0. The van der Waals surface area contributed by atoms with E-state index >= 15 is 0 Å². The van der Waals surface area contributed by atoms with Gasteiger partial charge >= 0.3 is 0 Å². The second-order valence-electron chi connectivity index (χ2n) is 5.48. The number of carbonyl (C=O) groups excluding carboxylic acids is 2. The Morgan fingerprint density at radius 1 is 1.14 bits per heavy atom. The maximum Gasteiger partial charge on any atom is 0.251 e. The van der Waals surface area contributed by atoms with Gasteiger partial charge in [0.05, 0.1) is 0 Å². The molecule has 1 heterocycles. The lowest BCUT2D eigenvalue weighted by molar-refractivity contribution is -0.122. The summed E-state index contributed by atoms with van der Waals surface area (Å²) >= 11 is 0. The van der Waals surface area contributed by atoms with E-state index in [0.29, 0.717) is 24.7 Å². The third-order valence-electron chi connectivity index (χ3n) is 3.68. The Labute approximate surface area is 131 Å². The zero-order valence-corrected chi connectivity index (χ0v) is 12.9. The average molecular weight is 304 g/mol. The van der Waals surface area contributed by atoms with Crippen LogP contribution in [0.25, 0.3) is 0 Å². The number of carbonyl (C=O) groups is 2. The molecular weight excluding hydrogens is 280 g/mol. The van der Waals surface area contributed by atoms with Crippen molar-refractivity contribution < 1.29 is 9.59 Å². The van der Waals surface area contributed by atoms with Gasteiger partial charge in [-0.3, -0.25) is 15.0 Å². The van der Waals surface area contributed by atoms with Gasteiger partial charge in [0.25, 0.3) is 5.91 Å². The van der Waals surface area contributed by atoms with Gasteiger partial charge in [-0.25, -0.2) is 5.43 Å². The number of nitrogens with one attached hydrogen (secondary N) is 4. The molecule has 0 bridgehead atoms. The van der Waals surface area contributed by atoms with Crippen LogP contribution < -0.4 is 21.5 Å². The summed E-state index contributed by atoms with van der Waals surface area (Å²) in [6.45, 7) is 2.97. The smallest absolute Gasteiger partial charge is 0.251 e. The Balaban J connectivity index is 1.62. The number of rotatable bonds is 7. The van der Waals surface area contributed by atoms with Crippen LogP contribution in [0.4, 0.5) is 0 Å². The van der Waals surface area contributed by atoms with E-state index in [1.54, 1.807) is 12.1 Å². The first-order valence-electron chi connectivity index (χ1n) is 7.82. The molecule has 0 spiro atoms. The second-order valence-corrected chi connectivity index (χ2v) is 5.48. The Kier molecular flexibility index (Phi) is 6.36. The molecule has 1 aliphatic rings. The second kappa shape index (κ2) is 8.51. The normalized spacial score (nSPS) is 20.6. The zero-order valence-electron chi connectivity index (χ0n) is 12.9. The Bertz CT molecular complexity index is 492. The van der Waals surface area contributed by atoms with Crippen molar-refractivity contribution in [2.45, 2.75) is 38.3 Å². The fourth-order valence-electron chi connectivity index (χ4n) is 2.51. The van der Waals surface area contributed by atoms with E-state index in [9.17, 15) is 9.59 Å². The van der Waals surface area contributed by atoms with Crippen LogP contribution in [0.3, 0.4) is 0 Å². The summed E-state index contributed by atoms with van der Waals surface area (Å²) in [6.07, 6.45) is 2.96. The third-order valence-corrected chi connectivity index (χ3v) is 3.68. The van der Waals surface area contributed by atoms with Gasteiger partial charge in [-0.15, -0.1) is 0 Å². The van der Waals surface area contributed by atoms with E-state index in [1.807, 2.05) is 18.2 Å². The van der Waals surface area contributed by atoms with E-state index in [1.165, 1.54) is 0 Å². The zero-order chi connectivity index (χ0) is 15.8. The van der Waals surface area contributed by atoms with Gasteiger partial charge in [-0.05, 0) is 25.0 Å². The SMILES string of the molecule is CCCC1CC(C(=O)NCCNC(=O)c2ccccc2)NN1. The van der Waals surface area contributed by atoms with Crippen molar-refractivity contribution in [3.8, 4) is 0 Å². The molecule has 1 aromatic rings. The molecule has 0 radical (unpaired) electrons. The van der Waals surface area contributed by atoms with E-state index in [-0.39, 0.29) is 17.9 Å². The Hall–Kier alpha value is -1.92. The minimum Gasteiger partial charge on any atom is -0.353 e. The van der Waals surface area contributed by atoms with E-state index < -0.39 is 0 Å². The molecule has 6 heteroatoms.